The first-order chi connectivity index (χ1) is 13.9. The summed E-state index contributed by atoms with van der Waals surface area (Å²) in [5.74, 6) is 0.694. The number of hydrogen-bond donors (Lipinski definition) is 0. The van der Waals surface area contributed by atoms with Crippen molar-refractivity contribution in [1.82, 2.24) is 29.5 Å². The highest BCUT2D eigenvalue weighted by molar-refractivity contribution is 6.32. The molecule has 2 aromatic rings. The Morgan fingerprint density at radius 3 is 2.38 bits per heavy atom. The van der Waals surface area contributed by atoms with E-state index in [1.165, 1.54) is 0 Å². The fourth-order valence-corrected chi connectivity index (χ4v) is 3.67. The molecule has 9 heteroatoms. The van der Waals surface area contributed by atoms with E-state index in [4.69, 9.17) is 11.6 Å². The van der Waals surface area contributed by atoms with E-state index in [2.05, 4.69) is 15.0 Å². The van der Waals surface area contributed by atoms with Crippen LogP contribution in [-0.4, -0.2) is 87.1 Å². The molecule has 0 unspecified atom stereocenters. The third-order valence-corrected chi connectivity index (χ3v) is 5.50. The SMILES string of the molecule is CCN(CC)C(=O)CN1CCN(C(=O)c2nc(C)n(-c3ccccc3Cl)n2)CC1. The minimum atomic E-state index is -0.200. The Balaban J connectivity index is 1.62. The molecule has 0 radical (unpaired) electrons. The zero-order chi connectivity index (χ0) is 21.0. The highest BCUT2D eigenvalue weighted by atomic mass is 35.5. The Labute approximate surface area is 176 Å². The molecule has 0 atom stereocenters. The largest absolute Gasteiger partial charge is 0.342 e. The summed E-state index contributed by atoms with van der Waals surface area (Å²) in [6.45, 7) is 9.98. The van der Waals surface area contributed by atoms with Crippen LogP contribution in [-0.2, 0) is 4.79 Å². The Bertz CT molecular complexity index is 872. The summed E-state index contributed by atoms with van der Waals surface area (Å²) < 4.78 is 1.59. The van der Waals surface area contributed by atoms with Crippen molar-refractivity contribution in [2.24, 2.45) is 0 Å². The van der Waals surface area contributed by atoms with Gasteiger partial charge in [-0.2, -0.15) is 0 Å². The van der Waals surface area contributed by atoms with E-state index in [9.17, 15) is 9.59 Å². The fourth-order valence-electron chi connectivity index (χ4n) is 3.45. The topological polar surface area (TPSA) is 74.6 Å². The zero-order valence-electron chi connectivity index (χ0n) is 17.1. The van der Waals surface area contributed by atoms with E-state index in [0.29, 0.717) is 62.3 Å². The average Bonchev–Trinajstić information content (AvgIpc) is 3.11. The van der Waals surface area contributed by atoms with Gasteiger partial charge in [0.15, 0.2) is 0 Å². The van der Waals surface area contributed by atoms with Crippen molar-refractivity contribution < 1.29 is 9.59 Å². The Hall–Kier alpha value is -2.45. The Morgan fingerprint density at radius 1 is 1.10 bits per heavy atom. The molecule has 1 fully saturated rings. The Kier molecular flexibility index (Phi) is 6.87. The number of carbonyl (C=O) groups excluding carboxylic acids is 2. The number of benzene rings is 1. The summed E-state index contributed by atoms with van der Waals surface area (Å²) in [6.07, 6.45) is 0. The summed E-state index contributed by atoms with van der Waals surface area (Å²) in [4.78, 5) is 35.2. The number of aromatic nitrogens is 3. The lowest BCUT2D eigenvalue weighted by atomic mass is 10.3. The molecule has 156 valence electrons. The van der Waals surface area contributed by atoms with E-state index in [1.54, 1.807) is 22.6 Å². The van der Waals surface area contributed by atoms with E-state index in [1.807, 2.05) is 36.9 Å². The maximum absolute atomic E-state index is 12.9. The first-order valence-corrected chi connectivity index (χ1v) is 10.3. The molecule has 29 heavy (non-hydrogen) atoms. The van der Waals surface area contributed by atoms with Gasteiger partial charge in [-0.1, -0.05) is 23.7 Å². The molecular formula is C20H27ClN6O2. The smallest absolute Gasteiger partial charge is 0.293 e. The van der Waals surface area contributed by atoms with Crippen molar-refractivity contribution in [3.63, 3.8) is 0 Å². The van der Waals surface area contributed by atoms with E-state index in [-0.39, 0.29) is 17.6 Å². The van der Waals surface area contributed by atoms with E-state index < -0.39 is 0 Å². The standard InChI is InChI=1S/C20H27ClN6O2/c1-4-25(5-2)18(28)14-24-10-12-26(13-11-24)20(29)19-22-15(3)27(23-19)17-9-7-6-8-16(17)21/h6-9H,4-5,10-14H2,1-3H3. The van der Waals surface area contributed by atoms with Crippen LogP contribution in [0, 0.1) is 6.92 Å². The highest BCUT2D eigenvalue weighted by Crippen LogP contribution is 2.20. The molecule has 0 N–H and O–H groups in total. The molecule has 1 aromatic heterocycles. The number of carbonyl (C=O) groups is 2. The predicted molar refractivity (Wildman–Crippen MR) is 111 cm³/mol. The molecule has 0 aliphatic carbocycles. The lowest BCUT2D eigenvalue weighted by Gasteiger charge is -2.34. The van der Waals surface area contributed by atoms with Crippen LogP contribution in [0.2, 0.25) is 5.02 Å². The number of halogens is 1. The molecule has 1 aromatic carbocycles. The van der Waals surface area contributed by atoms with Crippen LogP contribution in [0.1, 0.15) is 30.3 Å². The van der Waals surface area contributed by atoms with E-state index in [0.717, 1.165) is 0 Å². The van der Waals surface area contributed by atoms with Gasteiger partial charge in [0.05, 0.1) is 17.3 Å². The Morgan fingerprint density at radius 2 is 1.76 bits per heavy atom. The van der Waals surface area contributed by atoms with Gasteiger partial charge in [0.2, 0.25) is 11.7 Å². The van der Waals surface area contributed by atoms with Gasteiger partial charge in [-0.05, 0) is 32.9 Å². The number of hydrogen-bond acceptors (Lipinski definition) is 5. The third kappa shape index (κ3) is 4.76. The zero-order valence-corrected chi connectivity index (χ0v) is 17.9. The summed E-state index contributed by atoms with van der Waals surface area (Å²) in [5, 5.41) is 4.93. The molecular weight excluding hydrogens is 392 g/mol. The van der Waals surface area contributed by atoms with Crippen molar-refractivity contribution in [2.45, 2.75) is 20.8 Å². The molecule has 2 heterocycles. The van der Waals surface area contributed by atoms with E-state index >= 15 is 0 Å². The van der Waals surface area contributed by atoms with Crippen molar-refractivity contribution in [3.8, 4) is 5.69 Å². The summed E-state index contributed by atoms with van der Waals surface area (Å²) in [7, 11) is 0. The number of rotatable bonds is 6. The van der Waals surface area contributed by atoms with Gasteiger partial charge in [-0.15, -0.1) is 5.10 Å². The number of likely N-dealkylation sites (N-methyl/N-ethyl adjacent to an activating group) is 1. The number of amides is 2. The van der Waals surface area contributed by atoms with Crippen molar-refractivity contribution in [2.75, 3.05) is 45.8 Å². The molecule has 1 aliphatic rings. The maximum Gasteiger partial charge on any atom is 0.293 e. The quantitative estimate of drug-likeness (QED) is 0.715. The van der Waals surface area contributed by atoms with Crippen molar-refractivity contribution >= 4 is 23.4 Å². The van der Waals surface area contributed by atoms with Crippen LogP contribution in [0.15, 0.2) is 24.3 Å². The lowest BCUT2D eigenvalue weighted by Crippen LogP contribution is -2.51. The third-order valence-electron chi connectivity index (χ3n) is 5.18. The fraction of sp³-hybridized carbons (Fsp3) is 0.500. The monoisotopic (exact) mass is 418 g/mol. The number of aryl methyl sites for hydroxylation is 1. The number of nitrogens with zero attached hydrogens (tertiary/aromatic N) is 6. The van der Waals surface area contributed by atoms with Gasteiger partial charge in [-0.25, -0.2) is 9.67 Å². The second-order valence-corrected chi connectivity index (χ2v) is 7.39. The second kappa shape index (κ2) is 9.37. The maximum atomic E-state index is 12.9. The van der Waals surface area contributed by atoms with Crippen LogP contribution in [0.5, 0.6) is 0 Å². The molecule has 0 bridgehead atoms. The van der Waals surface area contributed by atoms with Crippen molar-refractivity contribution in [1.29, 1.82) is 0 Å². The molecule has 8 nitrogen and oxygen atoms in total. The summed E-state index contributed by atoms with van der Waals surface area (Å²) in [5.41, 5.74) is 0.693. The van der Waals surface area contributed by atoms with Gasteiger partial charge >= 0.3 is 0 Å². The van der Waals surface area contributed by atoms with Gasteiger partial charge in [0.1, 0.15) is 5.82 Å². The normalized spacial score (nSPS) is 14.8. The minimum absolute atomic E-state index is 0.130. The molecule has 2 amide bonds. The first kappa shape index (κ1) is 21.3. The highest BCUT2D eigenvalue weighted by Gasteiger charge is 2.27. The lowest BCUT2D eigenvalue weighted by molar-refractivity contribution is -0.132. The average molecular weight is 419 g/mol. The number of piperazine rings is 1. The minimum Gasteiger partial charge on any atom is -0.342 e. The molecule has 0 saturated carbocycles. The van der Waals surface area contributed by atoms with Crippen LogP contribution in [0.3, 0.4) is 0 Å². The summed E-state index contributed by atoms with van der Waals surface area (Å²) >= 11 is 6.25. The summed E-state index contributed by atoms with van der Waals surface area (Å²) in [6, 6.07) is 7.32. The van der Waals surface area contributed by atoms with Crippen LogP contribution >= 0.6 is 11.6 Å². The molecule has 0 spiro atoms. The van der Waals surface area contributed by atoms with Gasteiger partial charge < -0.3 is 9.80 Å². The predicted octanol–water partition coefficient (Wildman–Crippen LogP) is 1.86. The number of para-hydroxylation sites is 1. The van der Waals surface area contributed by atoms with Crippen LogP contribution in [0.25, 0.3) is 5.69 Å². The van der Waals surface area contributed by atoms with Crippen LogP contribution in [0.4, 0.5) is 0 Å². The van der Waals surface area contributed by atoms with Gasteiger partial charge in [-0.3, -0.25) is 14.5 Å². The first-order valence-electron chi connectivity index (χ1n) is 9.92. The van der Waals surface area contributed by atoms with Gasteiger partial charge in [0, 0.05) is 39.3 Å². The second-order valence-electron chi connectivity index (χ2n) is 6.98. The molecule has 3 rings (SSSR count). The van der Waals surface area contributed by atoms with Crippen LogP contribution < -0.4 is 0 Å². The molecule has 1 aliphatic heterocycles. The molecule has 1 saturated heterocycles. The van der Waals surface area contributed by atoms with Crippen molar-refractivity contribution in [3.05, 3.63) is 40.9 Å². The van der Waals surface area contributed by atoms with Gasteiger partial charge in [0.25, 0.3) is 5.91 Å².